The van der Waals surface area contributed by atoms with Crippen LogP contribution >= 0.6 is 0 Å². The molecule has 0 bridgehead atoms. The Bertz CT molecular complexity index is 526. The fraction of sp³-hybridized carbons (Fsp3) is 0.533. The third-order valence-electron chi connectivity index (χ3n) is 3.69. The first-order chi connectivity index (χ1) is 8.88. The van der Waals surface area contributed by atoms with Crippen molar-refractivity contribution in [3.63, 3.8) is 0 Å². The van der Waals surface area contributed by atoms with Crippen LogP contribution in [0.25, 0.3) is 11.0 Å². The molecule has 1 fully saturated rings. The van der Waals surface area contributed by atoms with Gasteiger partial charge in [-0.15, -0.1) is 0 Å². The molecule has 1 aromatic carbocycles. The molecule has 0 saturated heterocycles. The van der Waals surface area contributed by atoms with E-state index >= 15 is 0 Å². The Hall–Kier alpha value is -1.35. The van der Waals surface area contributed by atoms with Crippen molar-refractivity contribution in [3.05, 3.63) is 30.1 Å². The fourth-order valence-corrected chi connectivity index (χ4v) is 2.46. The van der Waals surface area contributed by atoms with Crippen LogP contribution in [0.1, 0.15) is 25.6 Å². The minimum atomic E-state index is 0.954. The molecule has 1 saturated carbocycles. The highest BCUT2D eigenvalue weighted by molar-refractivity contribution is 5.75. The molecule has 2 aromatic rings. The molecule has 1 N–H and O–H groups in total. The number of aryl methyl sites for hydroxylation is 1. The van der Waals surface area contributed by atoms with Gasteiger partial charge in [-0.3, -0.25) is 0 Å². The van der Waals surface area contributed by atoms with Crippen molar-refractivity contribution in [1.82, 2.24) is 14.9 Å². The molecule has 1 aliphatic rings. The summed E-state index contributed by atoms with van der Waals surface area (Å²) in [6.45, 7) is 5.43. The van der Waals surface area contributed by atoms with Crippen molar-refractivity contribution >= 4 is 11.0 Å². The quantitative estimate of drug-likeness (QED) is 0.790. The first kappa shape index (κ1) is 11.7. The zero-order chi connectivity index (χ0) is 12.4. The molecule has 3 nitrogen and oxygen atoms in total. The molecule has 0 amide bonds. The van der Waals surface area contributed by atoms with Crippen LogP contribution in [-0.2, 0) is 13.0 Å². The summed E-state index contributed by atoms with van der Waals surface area (Å²) in [6.07, 6.45) is 3.83. The molecule has 3 heteroatoms. The smallest absolute Gasteiger partial charge is 0.109 e. The van der Waals surface area contributed by atoms with E-state index in [0.29, 0.717) is 0 Å². The monoisotopic (exact) mass is 243 g/mol. The summed E-state index contributed by atoms with van der Waals surface area (Å²) < 4.78 is 2.36. The van der Waals surface area contributed by atoms with Crippen molar-refractivity contribution in [2.75, 3.05) is 13.1 Å². The number of nitrogens with zero attached hydrogens (tertiary/aromatic N) is 2. The lowest BCUT2D eigenvalue weighted by Crippen LogP contribution is -2.22. The van der Waals surface area contributed by atoms with Crippen molar-refractivity contribution < 1.29 is 0 Å². The number of benzene rings is 1. The number of para-hydroxylation sites is 2. The van der Waals surface area contributed by atoms with Crippen molar-refractivity contribution in [2.24, 2.45) is 5.92 Å². The molecule has 0 radical (unpaired) electrons. The van der Waals surface area contributed by atoms with E-state index in [1.165, 1.54) is 30.7 Å². The lowest BCUT2D eigenvalue weighted by molar-refractivity contribution is 0.571. The Labute approximate surface area is 108 Å². The predicted molar refractivity (Wildman–Crippen MR) is 74.7 cm³/mol. The van der Waals surface area contributed by atoms with Gasteiger partial charge in [0.25, 0.3) is 0 Å². The largest absolute Gasteiger partial charge is 0.327 e. The van der Waals surface area contributed by atoms with Gasteiger partial charge >= 0.3 is 0 Å². The van der Waals surface area contributed by atoms with Gasteiger partial charge < -0.3 is 9.88 Å². The molecular weight excluding hydrogens is 222 g/mol. The summed E-state index contributed by atoms with van der Waals surface area (Å²) >= 11 is 0. The van der Waals surface area contributed by atoms with E-state index in [2.05, 4.69) is 41.1 Å². The molecular formula is C15H21N3. The van der Waals surface area contributed by atoms with Crippen LogP contribution in [0.15, 0.2) is 24.3 Å². The van der Waals surface area contributed by atoms with Crippen LogP contribution in [0, 0.1) is 5.92 Å². The minimum Gasteiger partial charge on any atom is -0.327 e. The molecule has 0 spiro atoms. The average molecular weight is 243 g/mol. The van der Waals surface area contributed by atoms with Crippen LogP contribution < -0.4 is 5.32 Å². The maximum atomic E-state index is 4.69. The van der Waals surface area contributed by atoms with E-state index in [9.17, 15) is 0 Å². The molecule has 1 aromatic heterocycles. The second kappa shape index (κ2) is 5.11. The molecule has 1 aliphatic carbocycles. The number of rotatable bonds is 6. The molecule has 1 heterocycles. The van der Waals surface area contributed by atoms with Gasteiger partial charge in [0.1, 0.15) is 5.82 Å². The van der Waals surface area contributed by atoms with E-state index in [1.807, 2.05) is 0 Å². The third kappa shape index (κ3) is 2.41. The van der Waals surface area contributed by atoms with E-state index in [4.69, 9.17) is 4.98 Å². The summed E-state index contributed by atoms with van der Waals surface area (Å²) in [7, 11) is 0. The molecule has 0 atom stereocenters. The molecule has 0 unspecified atom stereocenters. The van der Waals surface area contributed by atoms with Crippen LogP contribution in [0.5, 0.6) is 0 Å². The number of hydrogen-bond acceptors (Lipinski definition) is 2. The van der Waals surface area contributed by atoms with Gasteiger partial charge in [-0.05, 0) is 37.4 Å². The van der Waals surface area contributed by atoms with Gasteiger partial charge in [0.05, 0.1) is 11.0 Å². The number of aromatic nitrogens is 2. The molecule has 96 valence electrons. The minimum absolute atomic E-state index is 0.954. The van der Waals surface area contributed by atoms with Gasteiger partial charge in [0.15, 0.2) is 0 Å². The Morgan fingerprint density at radius 3 is 2.94 bits per heavy atom. The van der Waals surface area contributed by atoms with Gasteiger partial charge in [0, 0.05) is 19.5 Å². The summed E-state index contributed by atoms with van der Waals surface area (Å²) in [6, 6.07) is 8.42. The fourth-order valence-electron chi connectivity index (χ4n) is 2.46. The number of hydrogen-bond donors (Lipinski definition) is 1. The van der Waals surface area contributed by atoms with Crippen molar-refractivity contribution in [3.8, 4) is 0 Å². The Morgan fingerprint density at radius 2 is 2.17 bits per heavy atom. The van der Waals surface area contributed by atoms with E-state index in [-0.39, 0.29) is 0 Å². The summed E-state index contributed by atoms with van der Waals surface area (Å²) in [5.41, 5.74) is 2.39. The Morgan fingerprint density at radius 1 is 1.33 bits per heavy atom. The second-order valence-electron chi connectivity index (χ2n) is 5.17. The van der Waals surface area contributed by atoms with Gasteiger partial charge in [-0.2, -0.15) is 0 Å². The van der Waals surface area contributed by atoms with Gasteiger partial charge in [0.2, 0.25) is 0 Å². The summed E-state index contributed by atoms with van der Waals surface area (Å²) in [5.74, 6) is 2.15. The topological polar surface area (TPSA) is 29.9 Å². The second-order valence-corrected chi connectivity index (χ2v) is 5.17. The van der Waals surface area contributed by atoms with Gasteiger partial charge in [-0.1, -0.05) is 19.1 Å². The molecule has 18 heavy (non-hydrogen) atoms. The predicted octanol–water partition coefficient (Wildman–Crippen LogP) is 2.60. The standard InChI is InChI=1S/C15H21N3/c1-2-15-17-13-5-3-4-6-14(13)18(15)10-9-16-11-12-7-8-12/h3-6,12,16H,2,7-11H2,1H3. The number of fused-ring (bicyclic) bond motifs is 1. The van der Waals surface area contributed by atoms with Crippen LogP contribution in [0.3, 0.4) is 0 Å². The van der Waals surface area contributed by atoms with E-state index in [0.717, 1.165) is 30.9 Å². The van der Waals surface area contributed by atoms with Crippen molar-refractivity contribution in [2.45, 2.75) is 32.7 Å². The highest BCUT2D eigenvalue weighted by Gasteiger charge is 2.20. The first-order valence-corrected chi connectivity index (χ1v) is 7.03. The lowest BCUT2D eigenvalue weighted by atomic mass is 10.3. The van der Waals surface area contributed by atoms with Crippen LogP contribution in [-0.4, -0.2) is 22.6 Å². The average Bonchev–Trinajstić information content (AvgIpc) is 3.15. The zero-order valence-electron chi connectivity index (χ0n) is 11.0. The summed E-state index contributed by atoms with van der Waals surface area (Å²) in [5, 5.41) is 3.55. The summed E-state index contributed by atoms with van der Waals surface area (Å²) in [4.78, 5) is 4.69. The van der Waals surface area contributed by atoms with Gasteiger partial charge in [-0.25, -0.2) is 4.98 Å². The van der Waals surface area contributed by atoms with Crippen LogP contribution in [0.4, 0.5) is 0 Å². The number of imidazole rings is 1. The highest BCUT2D eigenvalue weighted by atomic mass is 15.1. The lowest BCUT2D eigenvalue weighted by Gasteiger charge is -2.09. The van der Waals surface area contributed by atoms with Crippen molar-refractivity contribution in [1.29, 1.82) is 0 Å². The maximum absolute atomic E-state index is 4.69. The Balaban J connectivity index is 1.71. The third-order valence-corrected chi connectivity index (χ3v) is 3.69. The van der Waals surface area contributed by atoms with E-state index in [1.54, 1.807) is 0 Å². The highest BCUT2D eigenvalue weighted by Crippen LogP contribution is 2.27. The first-order valence-electron chi connectivity index (χ1n) is 7.03. The molecule has 3 rings (SSSR count). The number of nitrogens with one attached hydrogen (secondary N) is 1. The van der Waals surface area contributed by atoms with Crippen LogP contribution in [0.2, 0.25) is 0 Å². The SMILES string of the molecule is CCc1nc2ccccc2n1CCNCC1CC1. The normalized spacial score (nSPS) is 15.4. The maximum Gasteiger partial charge on any atom is 0.109 e. The zero-order valence-corrected chi connectivity index (χ0v) is 11.0. The molecule has 0 aliphatic heterocycles. The van der Waals surface area contributed by atoms with E-state index < -0.39 is 0 Å². The Kier molecular flexibility index (Phi) is 3.33.